The van der Waals surface area contributed by atoms with Gasteiger partial charge in [-0.05, 0) is 61.0 Å². The number of hydrogen-bond donors (Lipinski definition) is 2. The van der Waals surface area contributed by atoms with E-state index >= 15 is 0 Å². The number of carboxylic acids is 1. The van der Waals surface area contributed by atoms with Crippen LogP contribution in [0.4, 0.5) is 5.69 Å². The summed E-state index contributed by atoms with van der Waals surface area (Å²) in [6, 6.07) is 15.9. The molecule has 2 heterocycles. The molecule has 2 aromatic rings. The molecular formula is C31H29N3O5S. The molecule has 4 rings (SSSR count). The fourth-order valence-corrected chi connectivity index (χ4v) is 4.69. The van der Waals surface area contributed by atoms with Gasteiger partial charge in [0.2, 0.25) is 0 Å². The highest BCUT2D eigenvalue weighted by atomic mass is 32.2. The molecule has 0 amide bonds. The summed E-state index contributed by atoms with van der Waals surface area (Å²) in [5.41, 5.74) is 3.83. The molecule has 2 aliphatic rings. The Hall–Kier alpha value is -4.52. The Labute approximate surface area is 234 Å². The van der Waals surface area contributed by atoms with Crippen LogP contribution in [0.5, 0.6) is 0 Å². The fraction of sp³-hybridized carbons (Fsp3) is 0.194. The minimum atomic E-state index is -4.07. The lowest BCUT2D eigenvalue weighted by Gasteiger charge is -2.29. The first kappa shape index (κ1) is 28.5. The minimum absolute atomic E-state index is 0.202. The zero-order chi connectivity index (χ0) is 28.8. The molecule has 0 atom stereocenters. The van der Waals surface area contributed by atoms with Gasteiger partial charge in [-0.25, -0.2) is 9.79 Å². The molecule has 0 saturated carbocycles. The molecule has 8 nitrogen and oxygen atoms in total. The molecule has 2 aliphatic heterocycles. The van der Waals surface area contributed by atoms with Gasteiger partial charge in [0.05, 0.1) is 22.7 Å². The van der Waals surface area contributed by atoms with Crippen molar-refractivity contribution >= 4 is 33.8 Å². The summed E-state index contributed by atoms with van der Waals surface area (Å²) in [6.07, 6.45) is 11.2. The summed E-state index contributed by atoms with van der Waals surface area (Å²) in [6.45, 7) is 4.48. The number of carboxylic acid groups (broad SMARTS) is 1. The summed E-state index contributed by atoms with van der Waals surface area (Å²) in [5.74, 6) is 5.77. The predicted octanol–water partition coefficient (Wildman–Crippen LogP) is 5.42. The molecule has 0 fully saturated rings. The van der Waals surface area contributed by atoms with Crippen molar-refractivity contribution in [2.45, 2.75) is 20.3 Å². The van der Waals surface area contributed by atoms with E-state index < -0.39 is 21.5 Å². The highest BCUT2D eigenvalue weighted by molar-refractivity contribution is 7.85. The SMILES string of the molecule is CC1(C)C2=CC(C#Cc3ccccc3)=CN(CCCS(=O)(=O)O)C2=N/C1=C\C=C\C=Nc1ccc(C(=O)O)cc1. The van der Waals surface area contributed by atoms with E-state index in [1.165, 1.54) is 12.1 Å². The first-order chi connectivity index (χ1) is 19.0. The molecule has 0 aromatic heterocycles. The predicted molar refractivity (Wildman–Crippen MR) is 157 cm³/mol. The molecule has 0 saturated heterocycles. The molecule has 9 heteroatoms. The molecule has 40 heavy (non-hydrogen) atoms. The van der Waals surface area contributed by atoms with Gasteiger partial charge >= 0.3 is 5.97 Å². The zero-order valence-corrected chi connectivity index (χ0v) is 23.0. The number of rotatable bonds is 8. The number of allylic oxidation sites excluding steroid dienone is 6. The molecule has 0 unspecified atom stereocenters. The average molecular weight is 556 g/mol. The number of fused-ring (bicyclic) bond motifs is 1. The third-order valence-electron chi connectivity index (χ3n) is 6.36. The molecule has 0 aliphatic carbocycles. The average Bonchev–Trinajstić information content (AvgIpc) is 3.17. The van der Waals surface area contributed by atoms with Gasteiger partial charge in [0.15, 0.2) is 0 Å². The van der Waals surface area contributed by atoms with Crippen LogP contribution in [-0.4, -0.2) is 53.3 Å². The van der Waals surface area contributed by atoms with Crippen molar-refractivity contribution in [3.8, 4) is 11.8 Å². The molecule has 0 spiro atoms. The van der Waals surface area contributed by atoms with Gasteiger partial charge in [0.25, 0.3) is 10.1 Å². The van der Waals surface area contributed by atoms with Crippen molar-refractivity contribution in [3.05, 3.63) is 113 Å². The largest absolute Gasteiger partial charge is 0.478 e. The number of hydrogen-bond acceptors (Lipinski definition) is 6. The van der Waals surface area contributed by atoms with Crippen LogP contribution in [0.3, 0.4) is 0 Å². The normalized spacial score (nSPS) is 17.3. The molecule has 0 bridgehead atoms. The third kappa shape index (κ3) is 7.32. The van der Waals surface area contributed by atoms with Gasteiger partial charge in [0, 0.05) is 41.1 Å². The van der Waals surface area contributed by atoms with Gasteiger partial charge in [-0.2, -0.15) is 8.42 Å². The Bertz CT molecular complexity index is 1630. The molecule has 204 valence electrons. The van der Waals surface area contributed by atoms with Gasteiger partial charge in [-0.15, -0.1) is 0 Å². The Morgan fingerprint density at radius 1 is 1.07 bits per heavy atom. The smallest absolute Gasteiger partial charge is 0.335 e. The van der Waals surface area contributed by atoms with E-state index in [1.54, 1.807) is 24.4 Å². The van der Waals surface area contributed by atoms with Crippen molar-refractivity contribution in [3.63, 3.8) is 0 Å². The summed E-state index contributed by atoms with van der Waals surface area (Å²) < 4.78 is 31.8. The van der Waals surface area contributed by atoms with Crippen molar-refractivity contribution in [2.24, 2.45) is 15.4 Å². The van der Waals surface area contributed by atoms with Crippen LogP contribution in [0.15, 0.2) is 112 Å². The Kier molecular flexibility index (Phi) is 8.63. The number of aliphatic imine (C=N–C) groups is 2. The lowest BCUT2D eigenvalue weighted by Crippen LogP contribution is -2.33. The van der Waals surface area contributed by atoms with Crippen LogP contribution in [-0.2, 0) is 10.1 Å². The topological polar surface area (TPSA) is 120 Å². The lowest BCUT2D eigenvalue weighted by atomic mass is 9.80. The molecule has 0 radical (unpaired) electrons. The van der Waals surface area contributed by atoms with Crippen LogP contribution < -0.4 is 0 Å². The fourth-order valence-electron chi connectivity index (χ4n) is 4.20. The van der Waals surface area contributed by atoms with Crippen molar-refractivity contribution < 1.29 is 22.9 Å². The van der Waals surface area contributed by atoms with Gasteiger partial charge in [0.1, 0.15) is 5.84 Å². The summed E-state index contributed by atoms with van der Waals surface area (Å²) in [5, 5.41) is 9.01. The summed E-state index contributed by atoms with van der Waals surface area (Å²) >= 11 is 0. The summed E-state index contributed by atoms with van der Waals surface area (Å²) in [4.78, 5) is 22.1. The highest BCUT2D eigenvalue weighted by Gasteiger charge is 2.40. The number of nitrogens with zero attached hydrogens (tertiary/aromatic N) is 3. The van der Waals surface area contributed by atoms with Crippen molar-refractivity contribution in [2.75, 3.05) is 12.3 Å². The Balaban J connectivity index is 1.57. The lowest BCUT2D eigenvalue weighted by molar-refractivity contribution is 0.0697. The third-order valence-corrected chi connectivity index (χ3v) is 7.17. The number of aromatic carboxylic acids is 1. The van der Waals surface area contributed by atoms with Crippen LogP contribution in [0.25, 0.3) is 0 Å². The van der Waals surface area contributed by atoms with Gasteiger partial charge in [-0.3, -0.25) is 9.55 Å². The first-order valence-electron chi connectivity index (χ1n) is 12.6. The zero-order valence-electron chi connectivity index (χ0n) is 22.2. The van der Waals surface area contributed by atoms with Crippen LogP contribution in [0, 0.1) is 17.3 Å². The second-order valence-electron chi connectivity index (χ2n) is 9.72. The standard InChI is InChI=1S/C31H29N3O5S/c1-31(2)27-21-24(13-12-23-9-4-3-5-10-23)22-34(19-8-20-40(37,38)39)29(27)33-28(31)11-6-7-18-32-26-16-14-25(15-17-26)30(35)36/h3-7,9-11,14-18,21-22H,8,19-20H2,1-2H3,(H,35,36)(H,37,38,39)/b7-6+,28-11-,32-18?. The van der Waals surface area contributed by atoms with Gasteiger partial charge < -0.3 is 10.0 Å². The summed E-state index contributed by atoms with van der Waals surface area (Å²) in [7, 11) is -4.07. The maximum absolute atomic E-state index is 11.3. The van der Waals surface area contributed by atoms with E-state index in [4.69, 9.17) is 10.1 Å². The second-order valence-corrected chi connectivity index (χ2v) is 11.3. The maximum atomic E-state index is 11.3. The molecule has 2 aromatic carbocycles. The first-order valence-corrected chi connectivity index (χ1v) is 14.2. The van der Waals surface area contributed by atoms with E-state index in [-0.39, 0.29) is 17.7 Å². The van der Waals surface area contributed by atoms with E-state index in [0.717, 1.165) is 28.2 Å². The number of benzene rings is 2. The van der Waals surface area contributed by atoms with Crippen LogP contribution >= 0.6 is 0 Å². The molecule has 2 N–H and O–H groups in total. The van der Waals surface area contributed by atoms with Crippen LogP contribution in [0.2, 0.25) is 0 Å². The van der Waals surface area contributed by atoms with Crippen molar-refractivity contribution in [1.29, 1.82) is 0 Å². The van der Waals surface area contributed by atoms with Crippen LogP contribution in [0.1, 0.15) is 36.2 Å². The van der Waals surface area contributed by atoms with Crippen molar-refractivity contribution in [1.82, 2.24) is 4.90 Å². The Morgan fingerprint density at radius 3 is 2.48 bits per heavy atom. The maximum Gasteiger partial charge on any atom is 0.335 e. The number of amidine groups is 1. The van der Waals surface area contributed by atoms with E-state index in [0.29, 0.717) is 12.2 Å². The number of carbonyl (C=O) groups is 1. The van der Waals surface area contributed by atoms with Gasteiger partial charge in [-0.1, -0.05) is 50.0 Å². The molecular weight excluding hydrogens is 526 g/mol. The minimum Gasteiger partial charge on any atom is -0.478 e. The van der Waals surface area contributed by atoms with E-state index in [2.05, 4.69) is 30.7 Å². The highest BCUT2D eigenvalue weighted by Crippen LogP contribution is 2.44. The second kappa shape index (κ2) is 12.1. The Morgan fingerprint density at radius 2 is 1.80 bits per heavy atom. The monoisotopic (exact) mass is 555 g/mol. The quantitative estimate of drug-likeness (QED) is 0.255. The van der Waals surface area contributed by atoms with E-state index in [9.17, 15) is 17.8 Å². The van der Waals surface area contributed by atoms with E-state index in [1.807, 2.05) is 59.7 Å².